The van der Waals surface area contributed by atoms with Crippen LogP contribution in [0.1, 0.15) is 11.1 Å². The summed E-state index contributed by atoms with van der Waals surface area (Å²) in [5, 5.41) is 11.6. The van der Waals surface area contributed by atoms with Crippen molar-refractivity contribution in [3.63, 3.8) is 0 Å². The molecule has 2 amide bonds. The number of nitriles is 1. The number of urea groups is 1. The molecule has 1 fully saturated rings. The van der Waals surface area contributed by atoms with Gasteiger partial charge in [0.05, 0.1) is 37.0 Å². The number of amides is 2. The number of nitrogens with one attached hydrogen (secondary N) is 1. The molecule has 2 aromatic carbocycles. The Labute approximate surface area is 188 Å². The minimum atomic E-state index is -4.66. The van der Waals surface area contributed by atoms with Gasteiger partial charge in [-0.3, -0.25) is 0 Å². The maximum absolute atomic E-state index is 13.9. The molecule has 0 spiro atoms. The number of nitrogens with zero attached hydrogens (tertiary/aromatic N) is 3. The van der Waals surface area contributed by atoms with Gasteiger partial charge >= 0.3 is 12.2 Å². The highest BCUT2D eigenvalue weighted by Gasteiger charge is 2.36. The van der Waals surface area contributed by atoms with Gasteiger partial charge in [0.25, 0.3) is 0 Å². The third-order valence-electron chi connectivity index (χ3n) is 5.30. The number of anilines is 2. The number of alkyl halides is 3. The largest absolute Gasteiger partial charge is 0.494 e. The molecule has 1 aliphatic heterocycles. The maximum atomic E-state index is 13.9. The predicted molar refractivity (Wildman–Crippen MR) is 113 cm³/mol. The lowest BCUT2D eigenvalue weighted by atomic mass is 10.1. The van der Waals surface area contributed by atoms with Crippen LogP contribution in [-0.4, -0.2) is 57.4 Å². The normalized spacial score (nSPS) is 16.3. The molecular weight excluding hydrogens is 444 g/mol. The molecule has 1 unspecified atom stereocenters. The van der Waals surface area contributed by atoms with Crippen molar-refractivity contribution in [2.45, 2.75) is 12.2 Å². The molecule has 0 saturated carbocycles. The lowest BCUT2D eigenvalue weighted by Gasteiger charge is -2.42. The van der Waals surface area contributed by atoms with Crippen LogP contribution in [0.15, 0.2) is 36.4 Å². The Hall–Kier alpha value is -3.52. The molecule has 1 saturated heterocycles. The van der Waals surface area contributed by atoms with Crippen molar-refractivity contribution in [2.24, 2.45) is 0 Å². The molecule has 1 aliphatic rings. The van der Waals surface area contributed by atoms with E-state index in [4.69, 9.17) is 14.7 Å². The van der Waals surface area contributed by atoms with E-state index in [0.717, 1.165) is 18.2 Å². The van der Waals surface area contributed by atoms with Crippen molar-refractivity contribution in [2.75, 3.05) is 50.7 Å². The van der Waals surface area contributed by atoms with Gasteiger partial charge in [-0.2, -0.15) is 18.4 Å². The standard InChI is InChI=1S/C22H22F4N4O3/c1-32-13-17-12-29(16-5-3-14(11-27)18(10-16)22(24,25)26)7-8-30(17)21(31)28-15-4-6-20(33-2)19(23)9-15/h3-6,9-10,17H,7-8,12-13H2,1-2H3,(H,28,31). The summed E-state index contributed by atoms with van der Waals surface area (Å²) in [6, 6.07) is 8.15. The second kappa shape index (κ2) is 9.95. The lowest BCUT2D eigenvalue weighted by Crippen LogP contribution is -2.58. The number of ether oxygens (including phenoxy) is 2. The van der Waals surface area contributed by atoms with Gasteiger partial charge in [-0.15, -0.1) is 0 Å². The average molecular weight is 466 g/mol. The number of benzene rings is 2. The predicted octanol–water partition coefficient (Wildman–Crippen LogP) is 4.09. The van der Waals surface area contributed by atoms with Gasteiger partial charge in [-0.1, -0.05) is 0 Å². The van der Waals surface area contributed by atoms with E-state index in [2.05, 4.69) is 5.32 Å². The summed E-state index contributed by atoms with van der Waals surface area (Å²) >= 11 is 0. The van der Waals surface area contributed by atoms with E-state index in [0.29, 0.717) is 5.69 Å². The highest BCUT2D eigenvalue weighted by atomic mass is 19.4. The fraction of sp³-hybridized carbons (Fsp3) is 0.364. The zero-order valence-corrected chi connectivity index (χ0v) is 17.9. The number of rotatable bonds is 5. The zero-order chi connectivity index (χ0) is 24.2. The molecule has 1 atom stereocenters. The summed E-state index contributed by atoms with van der Waals surface area (Å²) in [4.78, 5) is 16.0. The third kappa shape index (κ3) is 5.46. The third-order valence-corrected chi connectivity index (χ3v) is 5.30. The monoisotopic (exact) mass is 466 g/mol. The lowest BCUT2D eigenvalue weighted by molar-refractivity contribution is -0.137. The summed E-state index contributed by atoms with van der Waals surface area (Å²) < 4.78 is 64.0. The van der Waals surface area contributed by atoms with Crippen molar-refractivity contribution in [1.82, 2.24) is 4.90 Å². The van der Waals surface area contributed by atoms with Crippen molar-refractivity contribution in [3.05, 3.63) is 53.3 Å². The molecule has 3 rings (SSSR count). The first-order chi connectivity index (χ1) is 15.7. The van der Waals surface area contributed by atoms with E-state index in [9.17, 15) is 22.4 Å². The number of carbonyl (C=O) groups excluding carboxylic acids is 1. The second-order valence-corrected chi connectivity index (χ2v) is 7.37. The first-order valence-electron chi connectivity index (χ1n) is 9.94. The van der Waals surface area contributed by atoms with Gasteiger partial charge in [0, 0.05) is 44.2 Å². The Balaban J connectivity index is 1.77. The summed E-state index contributed by atoms with van der Waals surface area (Å²) in [6.45, 7) is 0.804. The second-order valence-electron chi connectivity index (χ2n) is 7.37. The number of carbonyl (C=O) groups is 1. The van der Waals surface area contributed by atoms with Gasteiger partial charge in [-0.25, -0.2) is 9.18 Å². The summed E-state index contributed by atoms with van der Waals surface area (Å²) in [6.07, 6.45) is -4.66. The van der Waals surface area contributed by atoms with Crippen LogP contribution in [0.25, 0.3) is 0 Å². The molecule has 0 radical (unpaired) electrons. The number of piperazine rings is 1. The highest BCUT2D eigenvalue weighted by molar-refractivity contribution is 5.90. The number of hydrogen-bond donors (Lipinski definition) is 1. The SMILES string of the molecule is COCC1CN(c2ccc(C#N)c(C(F)(F)F)c2)CCN1C(=O)Nc1ccc(OC)c(F)c1. The topological polar surface area (TPSA) is 77.8 Å². The Morgan fingerprint density at radius 1 is 1.21 bits per heavy atom. The maximum Gasteiger partial charge on any atom is 0.417 e. The van der Waals surface area contributed by atoms with Crippen LogP contribution in [0.4, 0.5) is 33.7 Å². The van der Waals surface area contributed by atoms with E-state index in [1.165, 1.54) is 37.3 Å². The summed E-state index contributed by atoms with van der Waals surface area (Å²) in [5.74, 6) is -0.589. The Bertz CT molecular complexity index is 1050. The minimum absolute atomic E-state index is 0.0412. The first-order valence-corrected chi connectivity index (χ1v) is 9.94. The van der Waals surface area contributed by atoms with Crippen molar-refractivity contribution < 1.29 is 31.8 Å². The summed E-state index contributed by atoms with van der Waals surface area (Å²) in [5.41, 5.74) is -0.935. The first kappa shape index (κ1) is 24.1. The fourth-order valence-electron chi connectivity index (χ4n) is 3.69. The van der Waals surface area contributed by atoms with Gasteiger partial charge in [0.1, 0.15) is 0 Å². The molecule has 2 aromatic rings. The van der Waals surface area contributed by atoms with E-state index in [1.54, 1.807) is 11.0 Å². The molecule has 0 aliphatic carbocycles. The number of methoxy groups -OCH3 is 2. The molecule has 1 N–H and O–H groups in total. The van der Waals surface area contributed by atoms with Crippen LogP contribution >= 0.6 is 0 Å². The molecule has 11 heteroatoms. The quantitative estimate of drug-likeness (QED) is 0.672. The molecule has 0 bridgehead atoms. The molecule has 33 heavy (non-hydrogen) atoms. The van der Waals surface area contributed by atoms with E-state index in [-0.39, 0.29) is 37.7 Å². The molecule has 7 nitrogen and oxygen atoms in total. The van der Waals surface area contributed by atoms with E-state index < -0.39 is 35.2 Å². The Morgan fingerprint density at radius 3 is 2.58 bits per heavy atom. The summed E-state index contributed by atoms with van der Waals surface area (Å²) in [7, 11) is 2.79. The van der Waals surface area contributed by atoms with Gasteiger partial charge in [-0.05, 0) is 30.3 Å². The van der Waals surface area contributed by atoms with Gasteiger partial charge in [0.15, 0.2) is 11.6 Å². The minimum Gasteiger partial charge on any atom is -0.494 e. The van der Waals surface area contributed by atoms with Crippen molar-refractivity contribution >= 4 is 17.4 Å². The zero-order valence-electron chi connectivity index (χ0n) is 17.9. The van der Waals surface area contributed by atoms with Crippen LogP contribution in [0.5, 0.6) is 5.75 Å². The molecule has 0 aromatic heterocycles. The van der Waals surface area contributed by atoms with Crippen LogP contribution < -0.4 is 15.0 Å². The van der Waals surface area contributed by atoms with Crippen molar-refractivity contribution in [1.29, 1.82) is 5.26 Å². The van der Waals surface area contributed by atoms with Crippen molar-refractivity contribution in [3.8, 4) is 11.8 Å². The smallest absolute Gasteiger partial charge is 0.417 e. The number of hydrogen-bond acceptors (Lipinski definition) is 5. The van der Waals surface area contributed by atoms with E-state index >= 15 is 0 Å². The fourth-order valence-corrected chi connectivity index (χ4v) is 3.69. The molecule has 1 heterocycles. The van der Waals surface area contributed by atoms with Crippen LogP contribution in [0.3, 0.4) is 0 Å². The highest BCUT2D eigenvalue weighted by Crippen LogP contribution is 2.35. The van der Waals surface area contributed by atoms with Crippen LogP contribution in [0.2, 0.25) is 0 Å². The number of halogens is 4. The van der Waals surface area contributed by atoms with E-state index in [1.807, 2.05) is 0 Å². The van der Waals surface area contributed by atoms with Crippen LogP contribution in [0, 0.1) is 17.1 Å². The average Bonchev–Trinajstić information content (AvgIpc) is 2.78. The Kier molecular flexibility index (Phi) is 7.28. The van der Waals surface area contributed by atoms with Crippen LogP contribution in [-0.2, 0) is 10.9 Å². The van der Waals surface area contributed by atoms with Gasteiger partial charge in [0.2, 0.25) is 0 Å². The Morgan fingerprint density at radius 2 is 1.97 bits per heavy atom. The molecular formula is C22H22F4N4O3. The van der Waals surface area contributed by atoms with Gasteiger partial charge < -0.3 is 24.6 Å². The molecule has 176 valence electrons.